The molecule has 26 heavy (non-hydrogen) atoms. The summed E-state index contributed by atoms with van der Waals surface area (Å²) in [6.07, 6.45) is 2.11. The molecular weight excluding hydrogens is 354 g/mol. The minimum atomic E-state index is -0.0914. The van der Waals surface area contributed by atoms with Crippen LogP contribution < -0.4 is 20.9 Å². The quantitative estimate of drug-likeness (QED) is 0.376. The molecule has 1 atom stereocenters. The summed E-state index contributed by atoms with van der Waals surface area (Å²) in [5.74, 6) is 0.532. The molecule has 0 aliphatic carbocycles. The van der Waals surface area contributed by atoms with E-state index in [0.717, 1.165) is 36.6 Å². The summed E-state index contributed by atoms with van der Waals surface area (Å²) in [5.41, 5.74) is 1.06. The van der Waals surface area contributed by atoms with Gasteiger partial charge >= 0.3 is 0 Å². The monoisotopic (exact) mass is 381 g/mol. The number of ether oxygens (including phenoxy) is 1. The van der Waals surface area contributed by atoms with Crippen LogP contribution in [0.1, 0.15) is 12.8 Å². The van der Waals surface area contributed by atoms with Crippen LogP contribution in [0.4, 0.5) is 5.69 Å². The second kappa shape index (κ2) is 10.9. The van der Waals surface area contributed by atoms with Crippen LogP contribution in [0.5, 0.6) is 0 Å². The number of aliphatic imine (C=N–C) groups is 1. The molecular formula is C18H28ClN5O2. The average Bonchev–Trinajstić information content (AvgIpc) is 2.66. The number of carbonyl (C=O) groups is 1. The van der Waals surface area contributed by atoms with Gasteiger partial charge in [0.25, 0.3) is 0 Å². The second-order valence-corrected chi connectivity index (χ2v) is 6.56. The minimum Gasteiger partial charge on any atom is -0.383 e. The molecule has 0 aromatic heterocycles. The molecule has 2 rings (SSSR count). The van der Waals surface area contributed by atoms with Gasteiger partial charge in [0.2, 0.25) is 5.91 Å². The molecule has 1 heterocycles. The number of rotatable bonds is 7. The van der Waals surface area contributed by atoms with Gasteiger partial charge in [-0.25, -0.2) is 0 Å². The zero-order valence-electron chi connectivity index (χ0n) is 15.4. The first-order valence-electron chi connectivity index (χ1n) is 8.86. The Hall–Kier alpha value is -1.99. The molecule has 1 unspecified atom stereocenters. The molecule has 0 saturated carbocycles. The van der Waals surface area contributed by atoms with Crippen molar-refractivity contribution in [2.45, 2.75) is 18.9 Å². The van der Waals surface area contributed by atoms with E-state index in [1.54, 1.807) is 14.2 Å². The summed E-state index contributed by atoms with van der Waals surface area (Å²) in [4.78, 5) is 18.3. The van der Waals surface area contributed by atoms with Crippen LogP contribution in [0.25, 0.3) is 0 Å². The third-order valence-corrected chi connectivity index (χ3v) is 4.54. The molecule has 1 aromatic carbocycles. The SMILES string of the molecule is CN=C(NCC(=O)NCCOC)NC1CCCN(c2ccccc2Cl)C1. The van der Waals surface area contributed by atoms with E-state index in [-0.39, 0.29) is 18.5 Å². The van der Waals surface area contributed by atoms with Gasteiger partial charge in [0.1, 0.15) is 0 Å². The molecule has 0 bridgehead atoms. The second-order valence-electron chi connectivity index (χ2n) is 6.15. The predicted octanol–water partition coefficient (Wildman–Crippen LogP) is 1.24. The molecule has 3 N–H and O–H groups in total. The smallest absolute Gasteiger partial charge is 0.239 e. The third kappa shape index (κ3) is 6.38. The number of para-hydroxylation sites is 1. The van der Waals surface area contributed by atoms with Crippen molar-refractivity contribution in [3.63, 3.8) is 0 Å². The topological polar surface area (TPSA) is 78.0 Å². The molecule has 1 saturated heterocycles. The first-order chi connectivity index (χ1) is 12.6. The molecule has 1 aliphatic heterocycles. The van der Waals surface area contributed by atoms with Gasteiger partial charge in [0, 0.05) is 39.8 Å². The highest BCUT2D eigenvalue weighted by molar-refractivity contribution is 6.33. The fourth-order valence-electron chi connectivity index (χ4n) is 2.93. The van der Waals surface area contributed by atoms with Crippen molar-refractivity contribution in [2.24, 2.45) is 4.99 Å². The number of benzene rings is 1. The summed E-state index contributed by atoms with van der Waals surface area (Å²) in [7, 11) is 3.30. The number of halogens is 1. The lowest BCUT2D eigenvalue weighted by Gasteiger charge is -2.35. The Balaban J connectivity index is 1.82. The summed E-state index contributed by atoms with van der Waals surface area (Å²) >= 11 is 6.32. The third-order valence-electron chi connectivity index (χ3n) is 4.22. The van der Waals surface area contributed by atoms with Crippen molar-refractivity contribution >= 4 is 29.2 Å². The maximum absolute atomic E-state index is 11.8. The Morgan fingerprint density at radius 2 is 2.19 bits per heavy atom. The molecule has 1 aromatic rings. The predicted molar refractivity (Wildman–Crippen MR) is 106 cm³/mol. The Kier molecular flexibility index (Phi) is 8.50. The Labute approximate surface area is 160 Å². The molecule has 8 heteroatoms. The number of hydrogen-bond donors (Lipinski definition) is 3. The van der Waals surface area contributed by atoms with Crippen LogP contribution in [0, 0.1) is 0 Å². The first kappa shape index (κ1) is 20.3. The standard InChI is InChI=1S/C18H28ClN5O2/c1-20-18(22-12-17(25)21-9-11-26-2)23-14-6-5-10-24(13-14)16-8-4-3-7-15(16)19/h3-4,7-8,14H,5-6,9-13H2,1-2H3,(H,21,25)(H2,20,22,23). The van der Waals surface area contributed by atoms with E-state index in [9.17, 15) is 4.79 Å². The summed E-state index contributed by atoms with van der Waals surface area (Å²) in [6.45, 7) is 2.99. The van der Waals surface area contributed by atoms with Crippen LogP contribution in [-0.2, 0) is 9.53 Å². The fourth-order valence-corrected chi connectivity index (χ4v) is 3.18. The number of anilines is 1. The van der Waals surface area contributed by atoms with Gasteiger partial charge in [-0.1, -0.05) is 23.7 Å². The number of methoxy groups -OCH3 is 1. The lowest BCUT2D eigenvalue weighted by molar-refractivity contribution is -0.120. The fraction of sp³-hybridized carbons (Fsp3) is 0.556. The number of hydrogen-bond acceptors (Lipinski definition) is 4. The van der Waals surface area contributed by atoms with Crippen LogP contribution in [0.15, 0.2) is 29.3 Å². The molecule has 0 spiro atoms. The van der Waals surface area contributed by atoms with Crippen LogP contribution in [-0.4, -0.2) is 64.9 Å². The summed E-state index contributed by atoms with van der Waals surface area (Å²) in [5, 5.41) is 9.98. The normalized spacial score (nSPS) is 17.7. The van der Waals surface area contributed by atoms with Crippen LogP contribution in [0.2, 0.25) is 5.02 Å². The van der Waals surface area contributed by atoms with Crippen LogP contribution >= 0.6 is 11.6 Å². The van der Waals surface area contributed by atoms with Gasteiger partial charge in [-0.2, -0.15) is 0 Å². The van der Waals surface area contributed by atoms with Crippen molar-refractivity contribution < 1.29 is 9.53 Å². The van der Waals surface area contributed by atoms with Gasteiger partial charge in [-0.15, -0.1) is 0 Å². The zero-order chi connectivity index (χ0) is 18.8. The van der Waals surface area contributed by atoms with Gasteiger partial charge in [-0.05, 0) is 25.0 Å². The highest BCUT2D eigenvalue weighted by atomic mass is 35.5. The Morgan fingerprint density at radius 3 is 2.92 bits per heavy atom. The van der Waals surface area contributed by atoms with Crippen molar-refractivity contribution in [3.8, 4) is 0 Å². The molecule has 7 nitrogen and oxygen atoms in total. The molecule has 144 valence electrons. The number of nitrogens with one attached hydrogen (secondary N) is 3. The van der Waals surface area contributed by atoms with E-state index in [2.05, 4.69) is 25.8 Å². The van der Waals surface area contributed by atoms with Crippen molar-refractivity contribution in [2.75, 3.05) is 51.8 Å². The number of amides is 1. The van der Waals surface area contributed by atoms with Gasteiger partial charge in [0.05, 0.1) is 23.9 Å². The zero-order valence-corrected chi connectivity index (χ0v) is 16.2. The highest BCUT2D eigenvalue weighted by Gasteiger charge is 2.22. The first-order valence-corrected chi connectivity index (χ1v) is 9.24. The number of guanidine groups is 1. The Morgan fingerprint density at radius 1 is 1.38 bits per heavy atom. The van der Waals surface area contributed by atoms with E-state index in [0.29, 0.717) is 19.1 Å². The van der Waals surface area contributed by atoms with Gasteiger partial charge in [0.15, 0.2) is 5.96 Å². The van der Waals surface area contributed by atoms with Gasteiger partial charge in [-0.3, -0.25) is 9.79 Å². The maximum atomic E-state index is 11.8. The number of piperidine rings is 1. The lowest BCUT2D eigenvalue weighted by atomic mass is 10.0. The van der Waals surface area contributed by atoms with Gasteiger partial charge < -0.3 is 25.6 Å². The lowest BCUT2D eigenvalue weighted by Crippen LogP contribution is -2.52. The summed E-state index contributed by atoms with van der Waals surface area (Å²) < 4.78 is 4.91. The summed E-state index contributed by atoms with van der Waals surface area (Å²) in [6, 6.07) is 8.14. The van der Waals surface area contributed by atoms with Crippen molar-refractivity contribution in [3.05, 3.63) is 29.3 Å². The molecule has 1 fully saturated rings. The molecule has 1 amide bonds. The average molecular weight is 382 g/mol. The van der Waals surface area contributed by atoms with E-state index < -0.39 is 0 Å². The number of carbonyl (C=O) groups excluding carboxylic acids is 1. The van der Waals surface area contributed by atoms with Crippen molar-refractivity contribution in [1.29, 1.82) is 0 Å². The van der Waals surface area contributed by atoms with E-state index in [4.69, 9.17) is 16.3 Å². The van der Waals surface area contributed by atoms with E-state index >= 15 is 0 Å². The van der Waals surface area contributed by atoms with Crippen molar-refractivity contribution in [1.82, 2.24) is 16.0 Å². The van der Waals surface area contributed by atoms with Crippen LogP contribution in [0.3, 0.4) is 0 Å². The van der Waals surface area contributed by atoms with E-state index in [1.807, 2.05) is 24.3 Å². The molecule has 1 aliphatic rings. The van der Waals surface area contributed by atoms with E-state index in [1.165, 1.54) is 0 Å². The maximum Gasteiger partial charge on any atom is 0.239 e. The largest absolute Gasteiger partial charge is 0.383 e. The highest BCUT2D eigenvalue weighted by Crippen LogP contribution is 2.27. The molecule has 0 radical (unpaired) electrons. The number of nitrogens with zero attached hydrogens (tertiary/aromatic N) is 2. The Bertz CT molecular complexity index is 611. The minimum absolute atomic E-state index is 0.0914.